The van der Waals surface area contributed by atoms with Crippen LogP contribution in [-0.4, -0.2) is 29.5 Å². The Labute approximate surface area is 121 Å². The molecule has 1 aromatic carbocycles. The second-order valence-corrected chi connectivity index (χ2v) is 5.50. The van der Waals surface area contributed by atoms with Crippen molar-refractivity contribution < 1.29 is 0 Å². The van der Waals surface area contributed by atoms with Crippen LogP contribution in [-0.2, 0) is 0 Å². The molecule has 0 radical (unpaired) electrons. The molecule has 0 bridgehead atoms. The van der Waals surface area contributed by atoms with Crippen LogP contribution in [0.15, 0.2) is 36.7 Å². The number of fused-ring (bicyclic) bond motifs is 1. The number of pyridine rings is 1. The summed E-state index contributed by atoms with van der Waals surface area (Å²) in [4.78, 5) is 6.77. The standard InChI is InChI=1S/C17H25N3/c1-4-7-13(2)20(3)17(10-18)16-12-19-11-14-8-5-6-9-15(14)16/h5-6,8-9,11-13,17H,4,7,10,18H2,1-3H3. The van der Waals surface area contributed by atoms with E-state index in [1.165, 1.54) is 29.2 Å². The molecule has 0 saturated carbocycles. The summed E-state index contributed by atoms with van der Waals surface area (Å²) in [6, 6.07) is 9.13. The summed E-state index contributed by atoms with van der Waals surface area (Å²) in [6.45, 7) is 5.10. The van der Waals surface area contributed by atoms with Crippen molar-refractivity contribution in [2.45, 2.75) is 38.8 Å². The topological polar surface area (TPSA) is 42.1 Å². The molecule has 2 atom stereocenters. The lowest BCUT2D eigenvalue weighted by molar-refractivity contribution is 0.180. The molecule has 108 valence electrons. The van der Waals surface area contributed by atoms with Crippen LogP contribution < -0.4 is 5.73 Å². The van der Waals surface area contributed by atoms with E-state index in [9.17, 15) is 0 Å². The van der Waals surface area contributed by atoms with Gasteiger partial charge in [0, 0.05) is 36.4 Å². The van der Waals surface area contributed by atoms with Crippen molar-refractivity contribution in [1.82, 2.24) is 9.88 Å². The highest BCUT2D eigenvalue weighted by Crippen LogP contribution is 2.27. The first-order valence-corrected chi connectivity index (χ1v) is 7.43. The Bertz CT molecular complexity index is 547. The molecular formula is C17H25N3. The van der Waals surface area contributed by atoms with E-state index in [4.69, 9.17) is 5.73 Å². The number of hydrogen-bond acceptors (Lipinski definition) is 3. The van der Waals surface area contributed by atoms with Crippen LogP contribution >= 0.6 is 0 Å². The lowest BCUT2D eigenvalue weighted by Crippen LogP contribution is -2.37. The average Bonchev–Trinajstić information content (AvgIpc) is 2.48. The van der Waals surface area contributed by atoms with Crippen LogP contribution in [0.25, 0.3) is 10.8 Å². The zero-order valence-corrected chi connectivity index (χ0v) is 12.7. The van der Waals surface area contributed by atoms with Crippen LogP contribution in [0.2, 0.25) is 0 Å². The minimum Gasteiger partial charge on any atom is -0.329 e. The zero-order valence-electron chi connectivity index (χ0n) is 12.7. The summed E-state index contributed by atoms with van der Waals surface area (Å²) in [5, 5.41) is 2.44. The monoisotopic (exact) mass is 271 g/mol. The van der Waals surface area contributed by atoms with E-state index in [-0.39, 0.29) is 6.04 Å². The summed E-state index contributed by atoms with van der Waals surface area (Å²) >= 11 is 0. The number of rotatable bonds is 6. The van der Waals surface area contributed by atoms with Crippen molar-refractivity contribution in [2.75, 3.05) is 13.6 Å². The Morgan fingerprint density at radius 2 is 2.00 bits per heavy atom. The van der Waals surface area contributed by atoms with Crippen LogP contribution in [0, 0.1) is 0 Å². The SMILES string of the molecule is CCCC(C)N(C)C(CN)c1cncc2ccccc12. The molecule has 0 amide bonds. The Balaban J connectivity index is 2.39. The van der Waals surface area contributed by atoms with Crippen molar-refractivity contribution in [2.24, 2.45) is 5.73 Å². The minimum absolute atomic E-state index is 0.218. The number of hydrogen-bond donors (Lipinski definition) is 1. The van der Waals surface area contributed by atoms with E-state index in [0.29, 0.717) is 12.6 Å². The van der Waals surface area contributed by atoms with Gasteiger partial charge in [0.15, 0.2) is 0 Å². The predicted octanol–water partition coefficient (Wildman–Crippen LogP) is 3.36. The molecule has 3 nitrogen and oxygen atoms in total. The number of likely N-dealkylation sites (N-methyl/N-ethyl adjacent to an activating group) is 1. The van der Waals surface area contributed by atoms with Gasteiger partial charge in [-0.15, -0.1) is 0 Å². The highest BCUT2D eigenvalue weighted by Gasteiger charge is 2.21. The first kappa shape index (κ1) is 14.9. The highest BCUT2D eigenvalue weighted by atomic mass is 15.2. The van der Waals surface area contributed by atoms with Crippen LogP contribution in [0.5, 0.6) is 0 Å². The molecule has 2 aromatic rings. The van der Waals surface area contributed by atoms with Crippen LogP contribution in [0.4, 0.5) is 0 Å². The van der Waals surface area contributed by atoms with Crippen molar-refractivity contribution in [3.8, 4) is 0 Å². The van der Waals surface area contributed by atoms with E-state index in [1.807, 2.05) is 12.4 Å². The van der Waals surface area contributed by atoms with Gasteiger partial charge in [0.05, 0.1) is 0 Å². The highest BCUT2D eigenvalue weighted by molar-refractivity contribution is 5.85. The molecule has 2 N–H and O–H groups in total. The fourth-order valence-electron chi connectivity index (χ4n) is 2.85. The Kier molecular flexibility index (Phi) is 5.10. The minimum atomic E-state index is 0.218. The number of benzene rings is 1. The molecule has 0 aliphatic carbocycles. The molecule has 1 heterocycles. The Morgan fingerprint density at radius 1 is 1.25 bits per heavy atom. The normalized spacial score (nSPS) is 14.7. The molecule has 0 saturated heterocycles. The molecule has 3 heteroatoms. The molecule has 0 aliphatic heterocycles. The van der Waals surface area contributed by atoms with E-state index in [1.54, 1.807) is 0 Å². The van der Waals surface area contributed by atoms with Crippen LogP contribution in [0.1, 0.15) is 38.3 Å². The molecule has 20 heavy (non-hydrogen) atoms. The van der Waals surface area contributed by atoms with Gasteiger partial charge in [-0.2, -0.15) is 0 Å². The first-order chi connectivity index (χ1) is 9.69. The molecule has 2 unspecified atom stereocenters. The maximum Gasteiger partial charge on any atom is 0.0491 e. The first-order valence-electron chi connectivity index (χ1n) is 7.43. The summed E-state index contributed by atoms with van der Waals surface area (Å²) in [5.41, 5.74) is 7.29. The van der Waals surface area contributed by atoms with E-state index >= 15 is 0 Å². The molecular weight excluding hydrogens is 246 g/mol. The van der Waals surface area contributed by atoms with Crippen molar-refractivity contribution >= 4 is 10.8 Å². The predicted molar refractivity (Wildman–Crippen MR) is 85.7 cm³/mol. The summed E-state index contributed by atoms with van der Waals surface area (Å²) < 4.78 is 0. The van der Waals surface area contributed by atoms with Gasteiger partial charge in [0.1, 0.15) is 0 Å². The van der Waals surface area contributed by atoms with Gasteiger partial charge in [0.2, 0.25) is 0 Å². The Morgan fingerprint density at radius 3 is 2.70 bits per heavy atom. The summed E-state index contributed by atoms with van der Waals surface area (Å²) in [7, 11) is 2.17. The lowest BCUT2D eigenvalue weighted by atomic mass is 9.99. The second kappa shape index (κ2) is 6.82. The third-order valence-electron chi connectivity index (χ3n) is 4.17. The maximum atomic E-state index is 6.06. The fraction of sp³-hybridized carbons (Fsp3) is 0.471. The van der Waals surface area contributed by atoms with Gasteiger partial charge >= 0.3 is 0 Å². The van der Waals surface area contributed by atoms with Gasteiger partial charge in [-0.05, 0) is 31.3 Å². The summed E-state index contributed by atoms with van der Waals surface area (Å²) in [5.74, 6) is 0. The lowest BCUT2D eigenvalue weighted by Gasteiger charge is -2.33. The number of nitrogens with two attached hydrogens (primary N) is 1. The molecule has 1 aromatic heterocycles. The van der Waals surface area contributed by atoms with Gasteiger partial charge < -0.3 is 5.73 Å². The van der Waals surface area contributed by atoms with Crippen molar-refractivity contribution in [1.29, 1.82) is 0 Å². The summed E-state index contributed by atoms with van der Waals surface area (Å²) in [6.07, 6.45) is 6.26. The quantitative estimate of drug-likeness (QED) is 0.876. The van der Waals surface area contributed by atoms with Gasteiger partial charge in [-0.3, -0.25) is 9.88 Å². The van der Waals surface area contributed by atoms with E-state index in [2.05, 4.69) is 55.0 Å². The molecule has 0 fully saturated rings. The maximum absolute atomic E-state index is 6.06. The fourth-order valence-corrected chi connectivity index (χ4v) is 2.85. The Hall–Kier alpha value is -1.45. The smallest absolute Gasteiger partial charge is 0.0491 e. The number of nitrogens with zero attached hydrogens (tertiary/aromatic N) is 2. The van der Waals surface area contributed by atoms with E-state index < -0.39 is 0 Å². The zero-order chi connectivity index (χ0) is 14.5. The van der Waals surface area contributed by atoms with Gasteiger partial charge in [-0.1, -0.05) is 37.6 Å². The average molecular weight is 271 g/mol. The van der Waals surface area contributed by atoms with Crippen molar-refractivity contribution in [3.05, 3.63) is 42.2 Å². The molecule has 0 spiro atoms. The van der Waals surface area contributed by atoms with Gasteiger partial charge in [0.25, 0.3) is 0 Å². The van der Waals surface area contributed by atoms with E-state index in [0.717, 1.165) is 0 Å². The third-order valence-corrected chi connectivity index (χ3v) is 4.17. The number of aromatic nitrogens is 1. The van der Waals surface area contributed by atoms with Crippen LogP contribution in [0.3, 0.4) is 0 Å². The third kappa shape index (κ3) is 3.00. The second-order valence-electron chi connectivity index (χ2n) is 5.50. The molecule has 2 rings (SSSR count). The van der Waals surface area contributed by atoms with Crippen molar-refractivity contribution in [3.63, 3.8) is 0 Å². The molecule has 0 aliphatic rings. The largest absolute Gasteiger partial charge is 0.329 e. The van der Waals surface area contributed by atoms with Gasteiger partial charge in [-0.25, -0.2) is 0 Å².